The number of carbonyl (C=O) groups excluding carboxylic acids is 4. The minimum absolute atomic E-state index is 0.0337. The molecule has 4 amide bonds. The number of pyridine rings is 1. The fourth-order valence-electron chi connectivity index (χ4n) is 6.56. The van der Waals surface area contributed by atoms with E-state index >= 15 is 0 Å². The lowest BCUT2D eigenvalue weighted by Gasteiger charge is -2.27. The number of nitrogens with zero attached hydrogens (tertiary/aromatic N) is 2. The van der Waals surface area contributed by atoms with Gasteiger partial charge in [-0.3, -0.25) is 19.1 Å². The number of nitrogens with one attached hydrogen (secondary N) is 3. The van der Waals surface area contributed by atoms with Gasteiger partial charge in [0.25, 0.3) is 5.91 Å². The molecule has 5 rings (SSSR count). The van der Waals surface area contributed by atoms with E-state index in [0.717, 1.165) is 38.5 Å². The molecule has 1 aliphatic heterocycles. The second-order valence-electron chi connectivity index (χ2n) is 15.9. The van der Waals surface area contributed by atoms with Gasteiger partial charge in [-0.25, -0.2) is 9.78 Å². The highest BCUT2D eigenvalue weighted by molar-refractivity contribution is 7.98. The number of carbonyl (C=O) groups is 4. The minimum atomic E-state index is -1.13. The molecule has 296 valence electrons. The molecule has 1 aromatic carbocycles. The molecule has 1 aromatic heterocycles. The summed E-state index contributed by atoms with van der Waals surface area (Å²) in [5.41, 5.74) is -0.844. The van der Waals surface area contributed by atoms with Crippen molar-refractivity contribution in [3.05, 3.63) is 35.9 Å². The number of alkyl carbamates (subject to hydrolysis) is 1. The van der Waals surface area contributed by atoms with Gasteiger partial charge in [-0.2, -0.15) is 0 Å². The number of aromatic nitrogens is 1. The van der Waals surface area contributed by atoms with E-state index in [4.69, 9.17) is 14.2 Å². The number of allylic oxidation sites excluding steroid dienone is 1. The monoisotopic (exact) mass is 767 g/mol. The number of phenols is 1. The van der Waals surface area contributed by atoms with Crippen molar-refractivity contribution in [3.63, 3.8) is 0 Å². The van der Waals surface area contributed by atoms with E-state index in [9.17, 15) is 24.3 Å². The first-order chi connectivity index (χ1) is 25.6. The maximum atomic E-state index is 14.3. The summed E-state index contributed by atoms with van der Waals surface area (Å²) in [6.07, 6.45) is 10.7. The molecule has 2 aromatic rings. The maximum Gasteiger partial charge on any atom is 0.408 e. The molecule has 0 bridgehead atoms. The second kappa shape index (κ2) is 17.5. The van der Waals surface area contributed by atoms with Gasteiger partial charge in [0.05, 0.1) is 18.2 Å². The number of aryl methyl sites for hydroxylation is 1. The average Bonchev–Trinajstić information content (AvgIpc) is 4.01. The molecule has 13 nitrogen and oxygen atoms in total. The van der Waals surface area contributed by atoms with Crippen LogP contribution in [-0.2, 0) is 19.1 Å². The zero-order valence-electron chi connectivity index (χ0n) is 32.7. The summed E-state index contributed by atoms with van der Waals surface area (Å²) in [7, 11) is 0. The number of unbranched alkanes of at least 4 members (excludes halogenated alkanes) is 4. The summed E-state index contributed by atoms with van der Waals surface area (Å²) in [4.78, 5) is 60.3. The van der Waals surface area contributed by atoms with Gasteiger partial charge in [-0.1, -0.05) is 38.3 Å². The SMILES string of the molecule is CCCCCC/C=C\C1C[C@]1(NC(=O)[C@@H]1C[C@@H](Oc2cc(OC(C)C)nc3c(C)c(O)ccc23)CN1C(=O)CNC(=O)OC(C)(C)C)C(=O)NSC1CC1. The van der Waals surface area contributed by atoms with E-state index in [1.165, 1.54) is 23.3 Å². The Morgan fingerprint density at radius 2 is 1.91 bits per heavy atom. The minimum Gasteiger partial charge on any atom is -0.508 e. The van der Waals surface area contributed by atoms with Crippen molar-refractivity contribution in [2.75, 3.05) is 13.1 Å². The first kappa shape index (κ1) is 41.0. The third-order valence-corrected chi connectivity index (χ3v) is 10.8. The number of ether oxygens (including phenoxy) is 3. The summed E-state index contributed by atoms with van der Waals surface area (Å²) in [6.45, 7) is 12.5. The van der Waals surface area contributed by atoms with Crippen molar-refractivity contribution in [3.8, 4) is 17.4 Å². The zero-order chi connectivity index (χ0) is 39.2. The van der Waals surface area contributed by atoms with E-state index in [0.29, 0.717) is 39.8 Å². The van der Waals surface area contributed by atoms with Crippen LogP contribution >= 0.6 is 11.9 Å². The number of aromatic hydroxyl groups is 1. The van der Waals surface area contributed by atoms with E-state index in [-0.39, 0.29) is 36.6 Å². The molecular formula is C40H57N5O8S. The Morgan fingerprint density at radius 3 is 2.59 bits per heavy atom. The van der Waals surface area contributed by atoms with Gasteiger partial charge in [-0.15, -0.1) is 0 Å². The first-order valence-corrected chi connectivity index (χ1v) is 20.2. The smallest absolute Gasteiger partial charge is 0.408 e. The number of phenolic OH excluding ortho intramolecular Hbond substituents is 1. The Balaban J connectivity index is 1.38. The Labute approximate surface area is 322 Å². The van der Waals surface area contributed by atoms with Crippen LogP contribution in [0.25, 0.3) is 10.9 Å². The van der Waals surface area contributed by atoms with Crippen LogP contribution in [0, 0.1) is 12.8 Å². The lowest BCUT2D eigenvalue weighted by Crippen LogP contribution is -2.55. The lowest BCUT2D eigenvalue weighted by atomic mass is 10.1. The van der Waals surface area contributed by atoms with E-state index < -0.39 is 47.7 Å². The van der Waals surface area contributed by atoms with Crippen molar-refractivity contribution < 1.29 is 38.5 Å². The molecule has 2 saturated carbocycles. The summed E-state index contributed by atoms with van der Waals surface area (Å²) in [5, 5.41) is 17.0. The third-order valence-electron chi connectivity index (χ3n) is 9.66. The van der Waals surface area contributed by atoms with E-state index in [2.05, 4.69) is 33.3 Å². The van der Waals surface area contributed by atoms with Gasteiger partial charge in [0.15, 0.2) is 0 Å². The van der Waals surface area contributed by atoms with Crippen LogP contribution in [-0.4, -0.2) is 86.5 Å². The fourth-order valence-corrected chi connectivity index (χ4v) is 7.39. The normalized spacial score (nSPS) is 22.4. The topological polar surface area (TPSA) is 168 Å². The van der Waals surface area contributed by atoms with E-state index in [1.807, 2.05) is 19.9 Å². The summed E-state index contributed by atoms with van der Waals surface area (Å²) < 4.78 is 20.8. The van der Waals surface area contributed by atoms with Gasteiger partial charge in [0.1, 0.15) is 41.3 Å². The Kier molecular flexibility index (Phi) is 13.3. The maximum absolute atomic E-state index is 14.3. The molecule has 0 radical (unpaired) electrons. The van der Waals surface area contributed by atoms with Gasteiger partial charge in [0, 0.05) is 34.6 Å². The summed E-state index contributed by atoms with van der Waals surface area (Å²) in [5.74, 6) is -0.599. The zero-order valence-corrected chi connectivity index (χ0v) is 33.5. The Bertz CT molecular complexity index is 1720. The molecule has 2 aliphatic carbocycles. The van der Waals surface area contributed by atoms with Crippen LogP contribution in [0.2, 0.25) is 0 Å². The van der Waals surface area contributed by atoms with Crippen molar-refractivity contribution >= 4 is 46.7 Å². The van der Waals surface area contributed by atoms with Crippen molar-refractivity contribution in [2.24, 2.45) is 5.92 Å². The molecule has 4 atom stereocenters. The Hall–Kier alpha value is -4.20. The highest BCUT2D eigenvalue weighted by Gasteiger charge is 2.61. The first-order valence-electron chi connectivity index (χ1n) is 19.3. The van der Waals surface area contributed by atoms with Gasteiger partial charge in [-0.05, 0) is 97.7 Å². The average molecular weight is 768 g/mol. The standard InChI is InChI=1S/C40H57N5O8S/c1-8-9-10-11-12-13-14-26-21-40(26,37(49)44-54-28-15-16-28)43-36(48)30-19-27(23-45(30)34(47)22-41-38(50)53-39(5,6)7)52-32-20-33(51-24(2)3)42-35-25(4)31(46)18-17-29(32)35/h13-14,17-18,20,24,26-28,30,46H,8-12,15-16,19,21-23H2,1-7H3,(H,41,50)(H,43,48)(H,44,49)/b14-13-/t26?,27-,30+,40-/m1/s1. The van der Waals surface area contributed by atoms with Crippen LogP contribution in [0.1, 0.15) is 105 Å². The largest absolute Gasteiger partial charge is 0.508 e. The van der Waals surface area contributed by atoms with Crippen LogP contribution in [0.4, 0.5) is 4.79 Å². The number of likely N-dealkylation sites (tertiary alicyclic amines) is 1. The molecule has 1 unspecified atom stereocenters. The fraction of sp³-hybridized carbons (Fsp3) is 0.625. The predicted octanol–water partition coefficient (Wildman–Crippen LogP) is 6.24. The molecular weight excluding hydrogens is 711 g/mol. The quantitative estimate of drug-likeness (QED) is 0.0822. The molecule has 3 aliphatic rings. The number of benzene rings is 1. The van der Waals surface area contributed by atoms with Gasteiger partial charge >= 0.3 is 6.09 Å². The molecule has 14 heteroatoms. The molecule has 1 saturated heterocycles. The lowest BCUT2D eigenvalue weighted by molar-refractivity contribution is -0.139. The van der Waals surface area contributed by atoms with Crippen molar-refractivity contribution in [1.82, 2.24) is 25.2 Å². The van der Waals surface area contributed by atoms with E-state index in [1.54, 1.807) is 45.9 Å². The summed E-state index contributed by atoms with van der Waals surface area (Å²) in [6, 6.07) is 3.95. The number of fused-ring (bicyclic) bond motifs is 1. The highest BCUT2D eigenvalue weighted by Crippen LogP contribution is 2.46. The van der Waals surface area contributed by atoms with Crippen molar-refractivity contribution in [1.29, 1.82) is 0 Å². The molecule has 54 heavy (non-hydrogen) atoms. The van der Waals surface area contributed by atoms with Crippen molar-refractivity contribution in [2.45, 2.75) is 141 Å². The molecule has 0 spiro atoms. The highest BCUT2D eigenvalue weighted by atomic mass is 32.2. The van der Waals surface area contributed by atoms with Gasteiger partial charge in [0.2, 0.25) is 17.7 Å². The number of rotatable bonds is 17. The third kappa shape index (κ3) is 10.7. The molecule has 3 fully saturated rings. The number of hydrogen-bond acceptors (Lipinski definition) is 10. The molecule has 2 heterocycles. The number of amides is 4. The molecule has 4 N–H and O–H groups in total. The van der Waals surface area contributed by atoms with Crippen LogP contribution < -0.4 is 24.8 Å². The Morgan fingerprint density at radius 1 is 1.15 bits per heavy atom. The van der Waals surface area contributed by atoms with Crippen LogP contribution in [0.5, 0.6) is 17.4 Å². The van der Waals surface area contributed by atoms with Crippen LogP contribution in [0.15, 0.2) is 30.4 Å². The summed E-state index contributed by atoms with van der Waals surface area (Å²) >= 11 is 1.40. The van der Waals surface area contributed by atoms with Crippen LogP contribution in [0.3, 0.4) is 0 Å². The number of hydrogen-bond donors (Lipinski definition) is 4. The predicted molar refractivity (Wildman–Crippen MR) is 208 cm³/mol. The second-order valence-corrected chi connectivity index (χ2v) is 17.0. The van der Waals surface area contributed by atoms with Gasteiger partial charge < -0.3 is 34.9 Å².